The second-order valence-corrected chi connectivity index (χ2v) is 12.5. The van der Waals surface area contributed by atoms with Gasteiger partial charge in [-0.2, -0.15) is 17.9 Å². The van der Waals surface area contributed by atoms with Crippen molar-refractivity contribution in [3.63, 3.8) is 0 Å². The fourth-order valence-corrected chi connectivity index (χ4v) is 5.97. The number of alkyl halides is 3. The van der Waals surface area contributed by atoms with E-state index >= 15 is 0 Å². The van der Waals surface area contributed by atoms with Gasteiger partial charge in [-0.1, -0.05) is 6.92 Å². The zero-order valence-electron chi connectivity index (χ0n) is 20.1. The summed E-state index contributed by atoms with van der Waals surface area (Å²) in [6.45, 7) is 5.23. The van der Waals surface area contributed by atoms with Gasteiger partial charge < -0.3 is 10.5 Å². The van der Waals surface area contributed by atoms with Crippen molar-refractivity contribution in [3.8, 4) is 22.5 Å². The molecular formula is C25H30F3N3O3S. The highest BCUT2D eigenvalue weighted by Gasteiger charge is 2.57. The number of halogens is 3. The molecule has 2 aliphatic heterocycles. The lowest BCUT2D eigenvalue weighted by molar-refractivity contribution is -0.153. The molecule has 3 aliphatic rings. The van der Waals surface area contributed by atoms with Crippen molar-refractivity contribution in [2.24, 2.45) is 5.92 Å². The van der Waals surface area contributed by atoms with Gasteiger partial charge in [-0.25, -0.2) is 13.4 Å². The molecule has 0 atom stereocenters. The molecular weight excluding hydrogens is 479 g/mol. The van der Waals surface area contributed by atoms with Gasteiger partial charge in [-0.3, -0.25) is 0 Å². The van der Waals surface area contributed by atoms with Gasteiger partial charge in [-0.15, -0.1) is 0 Å². The molecule has 0 amide bonds. The summed E-state index contributed by atoms with van der Waals surface area (Å²) in [6.07, 6.45) is 0.579. The second-order valence-electron chi connectivity index (χ2n) is 10.0. The zero-order chi connectivity index (χ0) is 25.8. The molecule has 10 heteroatoms. The molecule has 4 rings (SSSR count). The van der Waals surface area contributed by atoms with Crippen LogP contribution in [0.15, 0.2) is 41.4 Å². The maximum Gasteiger partial charge on any atom is 0.408 e. The summed E-state index contributed by atoms with van der Waals surface area (Å²) in [7, 11) is -4.77. The van der Waals surface area contributed by atoms with Crippen LogP contribution in [0, 0.1) is 12.8 Å². The normalized spacial score (nSPS) is 19.7. The highest BCUT2D eigenvalue weighted by atomic mass is 32.2. The van der Waals surface area contributed by atoms with E-state index in [0.29, 0.717) is 47.8 Å². The zero-order valence-corrected chi connectivity index (χ0v) is 21.0. The number of aryl methyl sites for hydroxylation is 1. The molecule has 6 nitrogen and oxygen atoms in total. The van der Waals surface area contributed by atoms with Crippen LogP contribution in [-0.2, 0) is 9.84 Å². The SMILES string of the molecule is Cc1cc(-c2cc(S(=O)(=O)C(C)(C)C(F)(F)F)ccc2NC2CCC(C)CC2)c2ccnc-2n1O. The van der Waals surface area contributed by atoms with Crippen molar-refractivity contribution >= 4 is 15.5 Å². The topological polar surface area (TPSA) is 84.2 Å². The van der Waals surface area contributed by atoms with Crippen LogP contribution in [0.2, 0.25) is 0 Å². The third-order valence-corrected chi connectivity index (χ3v) is 9.63. The fourth-order valence-electron chi connectivity index (χ4n) is 4.55. The lowest BCUT2D eigenvalue weighted by Crippen LogP contribution is -2.46. The first-order valence-corrected chi connectivity index (χ1v) is 13.1. The number of anilines is 1. The van der Waals surface area contributed by atoms with Crippen LogP contribution in [0.4, 0.5) is 18.9 Å². The van der Waals surface area contributed by atoms with E-state index < -0.39 is 25.7 Å². The Balaban J connectivity index is 1.89. The van der Waals surface area contributed by atoms with E-state index in [0.717, 1.165) is 30.4 Å². The van der Waals surface area contributed by atoms with Crippen LogP contribution in [0.5, 0.6) is 0 Å². The molecule has 0 aromatic heterocycles. The highest BCUT2D eigenvalue weighted by Crippen LogP contribution is 2.44. The third kappa shape index (κ3) is 4.37. The van der Waals surface area contributed by atoms with E-state index in [2.05, 4.69) is 17.2 Å². The smallest absolute Gasteiger partial charge is 0.408 e. The molecule has 35 heavy (non-hydrogen) atoms. The summed E-state index contributed by atoms with van der Waals surface area (Å²) in [4.78, 5) is 3.77. The Morgan fingerprint density at radius 1 is 1.03 bits per heavy atom. The van der Waals surface area contributed by atoms with Crippen molar-refractivity contribution < 1.29 is 26.8 Å². The minimum atomic E-state index is -4.95. The molecule has 190 valence electrons. The minimum Gasteiger partial charge on any atom is -0.427 e. The number of pyridine rings is 1. The van der Waals surface area contributed by atoms with Gasteiger partial charge in [0, 0.05) is 29.1 Å². The summed E-state index contributed by atoms with van der Waals surface area (Å²) in [5, 5.41) is 13.9. The number of rotatable bonds is 5. The molecule has 0 radical (unpaired) electrons. The number of aromatic nitrogens is 2. The lowest BCUT2D eigenvalue weighted by Gasteiger charge is -2.30. The predicted molar refractivity (Wildman–Crippen MR) is 129 cm³/mol. The summed E-state index contributed by atoms with van der Waals surface area (Å²) >= 11 is 0. The quantitative estimate of drug-likeness (QED) is 0.394. The van der Waals surface area contributed by atoms with E-state index in [1.807, 2.05) is 0 Å². The van der Waals surface area contributed by atoms with Gasteiger partial charge in [0.05, 0.1) is 10.6 Å². The summed E-state index contributed by atoms with van der Waals surface area (Å²) in [5.74, 6) is 0.915. The van der Waals surface area contributed by atoms with Gasteiger partial charge >= 0.3 is 6.18 Å². The first-order valence-electron chi connectivity index (χ1n) is 11.6. The van der Waals surface area contributed by atoms with Crippen LogP contribution in [0.3, 0.4) is 0 Å². The maximum absolute atomic E-state index is 13.7. The molecule has 1 fully saturated rings. The standard InChI is InChI=1S/C25H30F3N3O3S/c1-15-5-7-17(8-6-15)30-22-10-9-18(35(33,34)24(3,4)25(26,27)28)14-21(22)20-13-16(2)31(32)23-19(20)11-12-29-23/h9-15,17,30,32H,5-8H2,1-4H3. The van der Waals surface area contributed by atoms with Crippen molar-refractivity contribution in [2.45, 2.75) is 75.2 Å². The lowest BCUT2D eigenvalue weighted by atomic mass is 9.87. The number of sulfone groups is 1. The molecule has 2 heterocycles. The molecule has 1 aromatic rings. The first-order chi connectivity index (χ1) is 16.2. The van der Waals surface area contributed by atoms with Gasteiger partial charge in [0.1, 0.15) is 0 Å². The van der Waals surface area contributed by atoms with Crippen molar-refractivity contribution in [3.05, 3.63) is 42.2 Å². The number of nitrogens with zero attached hydrogens (tertiary/aromatic N) is 2. The molecule has 0 unspecified atom stereocenters. The van der Waals surface area contributed by atoms with Crippen LogP contribution in [0.25, 0.3) is 22.5 Å². The fraction of sp³-hybridized carbons (Fsp3) is 0.480. The van der Waals surface area contributed by atoms with E-state index in [4.69, 9.17) is 0 Å². The number of hydrogen-bond acceptors (Lipinski definition) is 5. The second kappa shape index (κ2) is 8.72. The number of fused-ring (bicyclic) bond motifs is 1. The Morgan fingerprint density at radius 3 is 2.31 bits per heavy atom. The molecule has 1 saturated carbocycles. The van der Waals surface area contributed by atoms with Crippen LogP contribution in [-0.4, -0.2) is 40.3 Å². The third-order valence-electron chi connectivity index (χ3n) is 7.18. The van der Waals surface area contributed by atoms with Crippen molar-refractivity contribution in [1.29, 1.82) is 0 Å². The Kier molecular flexibility index (Phi) is 6.32. The maximum atomic E-state index is 13.7. The molecule has 0 spiro atoms. The van der Waals surface area contributed by atoms with Gasteiger partial charge in [0.15, 0.2) is 20.4 Å². The summed E-state index contributed by atoms with van der Waals surface area (Å²) in [5.41, 5.74) is 2.67. The molecule has 1 aromatic carbocycles. The Morgan fingerprint density at radius 2 is 1.69 bits per heavy atom. The largest absolute Gasteiger partial charge is 0.427 e. The van der Waals surface area contributed by atoms with Gasteiger partial charge in [0.2, 0.25) is 0 Å². The Bertz CT molecular complexity index is 1310. The van der Waals surface area contributed by atoms with E-state index in [1.54, 1.807) is 25.1 Å². The Hall–Kier alpha value is -2.75. The summed E-state index contributed by atoms with van der Waals surface area (Å²) in [6, 6.07) is 7.62. The minimum absolute atomic E-state index is 0.167. The van der Waals surface area contributed by atoms with Crippen molar-refractivity contribution in [1.82, 2.24) is 9.71 Å². The number of benzene rings is 1. The van der Waals surface area contributed by atoms with E-state index in [1.165, 1.54) is 18.3 Å². The molecule has 1 aliphatic carbocycles. The van der Waals surface area contributed by atoms with E-state index in [9.17, 15) is 26.8 Å². The van der Waals surface area contributed by atoms with Gasteiger partial charge in [0.25, 0.3) is 0 Å². The molecule has 0 saturated heterocycles. The van der Waals surface area contributed by atoms with E-state index in [-0.39, 0.29) is 11.9 Å². The van der Waals surface area contributed by atoms with Crippen LogP contribution >= 0.6 is 0 Å². The predicted octanol–water partition coefficient (Wildman–Crippen LogP) is 6.31. The Labute approximate surface area is 203 Å². The molecule has 0 bridgehead atoms. The first kappa shape index (κ1) is 25.3. The number of hydrogen-bond donors (Lipinski definition) is 2. The van der Waals surface area contributed by atoms with Crippen LogP contribution < -0.4 is 5.32 Å². The monoisotopic (exact) mass is 509 g/mol. The van der Waals surface area contributed by atoms with Gasteiger partial charge in [-0.05, 0) is 88.3 Å². The number of nitrogens with one attached hydrogen (secondary N) is 1. The average molecular weight is 510 g/mol. The average Bonchev–Trinajstić information content (AvgIpc) is 3.27. The van der Waals surface area contributed by atoms with Crippen LogP contribution in [0.1, 0.15) is 52.1 Å². The summed E-state index contributed by atoms with van der Waals surface area (Å²) < 4.78 is 65.4. The molecule has 2 N–H and O–H groups in total. The highest BCUT2D eigenvalue weighted by molar-refractivity contribution is 7.92. The van der Waals surface area contributed by atoms with Crippen molar-refractivity contribution in [2.75, 3.05) is 5.32 Å².